The molecule has 2 rings (SSSR count). The zero-order chi connectivity index (χ0) is 13.8. The Hall–Kier alpha value is -1.10. The van der Waals surface area contributed by atoms with E-state index in [4.69, 9.17) is 0 Å². The summed E-state index contributed by atoms with van der Waals surface area (Å²) < 4.78 is 0. The average molecular weight is 267 g/mol. The summed E-state index contributed by atoms with van der Waals surface area (Å²) in [6.45, 7) is 7.15. The highest BCUT2D eigenvalue weighted by Crippen LogP contribution is 2.15. The Kier molecular flexibility index (Phi) is 4.80. The van der Waals surface area contributed by atoms with Crippen molar-refractivity contribution in [2.75, 3.05) is 26.2 Å². The van der Waals surface area contributed by atoms with Crippen LogP contribution in [0.2, 0.25) is 0 Å². The minimum absolute atomic E-state index is 0.0655. The molecule has 2 aliphatic rings. The third-order valence-electron chi connectivity index (χ3n) is 4.08. The van der Waals surface area contributed by atoms with Crippen molar-refractivity contribution >= 4 is 11.8 Å². The van der Waals surface area contributed by atoms with Crippen LogP contribution in [-0.4, -0.2) is 48.9 Å². The number of likely N-dealkylation sites (tertiary alicyclic amines) is 1. The number of amides is 2. The smallest absolute Gasteiger partial charge is 0.225 e. The number of hydrogen-bond donors (Lipinski definition) is 2. The molecule has 5 nitrogen and oxygen atoms in total. The Balaban J connectivity index is 1.74. The molecule has 19 heavy (non-hydrogen) atoms. The van der Waals surface area contributed by atoms with Gasteiger partial charge in [-0.05, 0) is 25.8 Å². The number of carbonyl (C=O) groups is 2. The first-order valence-corrected chi connectivity index (χ1v) is 7.38. The lowest BCUT2D eigenvalue weighted by Crippen LogP contribution is -2.48. The summed E-state index contributed by atoms with van der Waals surface area (Å²) in [5.74, 6) is 0.606. The summed E-state index contributed by atoms with van der Waals surface area (Å²) in [6.07, 6.45) is 2.70. The maximum Gasteiger partial charge on any atom is 0.225 e. The first-order valence-electron chi connectivity index (χ1n) is 7.38. The SMILES string of the molecule is CC(C)C(=O)N1CCC(NC(=O)C2CCNC2)CC1. The van der Waals surface area contributed by atoms with Crippen LogP contribution in [0.25, 0.3) is 0 Å². The van der Waals surface area contributed by atoms with Crippen molar-refractivity contribution in [1.82, 2.24) is 15.5 Å². The highest BCUT2D eigenvalue weighted by atomic mass is 16.2. The van der Waals surface area contributed by atoms with E-state index in [1.54, 1.807) is 0 Å². The van der Waals surface area contributed by atoms with Crippen molar-refractivity contribution < 1.29 is 9.59 Å². The van der Waals surface area contributed by atoms with E-state index in [0.717, 1.165) is 45.4 Å². The van der Waals surface area contributed by atoms with E-state index in [-0.39, 0.29) is 29.7 Å². The molecule has 0 spiro atoms. The zero-order valence-corrected chi connectivity index (χ0v) is 11.9. The van der Waals surface area contributed by atoms with E-state index < -0.39 is 0 Å². The standard InChI is InChI=1S/C14H25N3O2/c1-10(2)14(19)17-7-4-12(5-8-17)16-13(18)11-3-6-15-9-11/h10-12,15H,3-9H2,1-2H3,(H,16,18). The van der Waals surface area contributed by atoms with Crippen molar-refractivity contribution in [2.24, 2.45) is 11.8 Å². The van der Waals surface area contributed by atoms with Gasteiger partial charge in [-0.25, -0.2) is 0 Å². The quantitative estimate of drug-likeness (QED) is 0.776. The van der Waals surface area contributed by atoms with Crippen LogP contribution in [0.15, 0.2) is 0 Å². The van der Waals surface area contributed by atoms with Crippen LogP contribution in [0.3, 0.4) is 0 Å². The van der Waals surface area contributed by atoms with Gasteiger partial charge in [-0.2, -0.15) is 0 Å². The van der Waals surface area contributed by atoms with Crippen LogP contribution in [0.1, 0.15) is 33.1 Å². The molecule has 2 fully saturated rings. The average Bonchev–Trinajstić information content (AvgIpc) is 2.92. The molecule has 1 atom stereocenters. The number of piperidine rings is 1. The highest BCUT2D eigenvalue weighted by Gasteiger charge is 2.28. The molecule has 0 aromatic rings. The lowest BCUT2D eigenvalue weighted by atomic mass is 10.0. The molecule has 1 unspecified atom stereocenters. The summed E-state index contributed by atoms with van der Waals surface area (Å²) in [7, 11) is 0. The molecule has 0 radical (unpaired) electrons. The van der Waals surface area contributed by atoms with E-state index >= 15 is 0 Å². The van der Waals surface area contributed by atoms with E-state index in [0.29, 0.717) is 0 Å². The maximum atomic E-state index is 12.0. The lowest BCUT2D eigenvalue weighted by molar-refractivity contribution is -0.135. The zero-order valence-electron chi connectivity index (χ0n) is 11.9. The summed E-state index contributed by atoms with van der Waals surface area (Å²) in [5, 5.41) is 6.34. The van der Waals surface area contributed by atoms with Crippen molar-refractivity contribution in [3.05, 3.63) is 0 Å². The van der Waals surface area contributed by atoms with Gasteiger partial charge in [-0.15, -0.1) is 0 Å². The van der Waals surface area contributed by atoms with Gasteiger partial charge in [0.15, 0.2) is 0 Å². The molecule has 108 valence electrons. The largest absolute Gasteiger partial charge is 0.353 e. The van der Waals surface area contributed by atoms with Crippen LogP contribution in [0.5, 0.6) is 0 Å². The van der Waals surface area contributed by atoms with Gasteiger partial charge >= 0.3 is 0 Å². The number of rotatable bonds is 3. The van der Waals surface area contributed by atoms with E-state index in [1.165, 1.54) is 0 Å². The third kappa shape index (κ3) is 3.69. The van der Waals surface area contributed by atoms with Gasteiger partial charge in [0.05, 0.1) is 5.92 Å². The molecule has 2 heterocycles. The fourth-order valence-electron chi connectivity index (χ4n) is 2.81. The second-order valence-electron chi connectivity index (χ2n) is 5.95. The molecule has 2 saturated heterocycles. The molecule has 5 heteroatoms. The van der Waals surface area contributed by atoms with Gasteiger partial charge in [0.2, 0.25) is 11.8 Å². The fourth-order valence-corrected chi connectivity index (χ4v) is 2.81. The molecule has 0 aromatic carbocycles. The molecule has 2 aliphatic heterocycles. The van der Waals surface area contributed by atoms with Gasteiger partial charge < -0.3 is 15.5 Å². The number of nitrogens with one attached hydrogen (secondary N) is 2. The Morgan fingerprint density at radius 1 is 1.21 bits per heavy atom. The molecule has 0 aromatic heterocycles. The van der Waals surface area contributed by atoms with Crippen LogP contribution < -0.4 is 10.6 Å². The predicted molar refractivity (Wildman–Crippen MR) is 73.6 cm³/mol. The summed E-state index contributed by atoms with van der Waals surface area (Å²) >= 11 is 0. The summed E-state index contributed by atoms with van der Waals surface area (Å²) in [5.41, 5.74) is 0. The van der Waals surface area contributed by atoms with Crippen molar-refractivity contribution in [3.8, 4) is 0 Å². The van der Waals surface area contributed by atoms with Crippen molar-refractivity contribution in [3.63, 3.8) is 0 Å². The molecule has 0 bridgehead atoms. The van der Waals surface area contributed by atoms with Gasteiger partial charge in [0.25, 0.3) is 0 Å². The monoisotopic (exact) mass is 267 g/mol. The Morgan fingerprint density at radius 2 is 1.89 bits per heavy atom. The third-order valence-corrected chi connectivity index (χ3v) is 4.08. The normalized spacial score (nSPS) is 24.8. The number of nitrogens with zero attached hydrogens (tertiary/aromatic N) is 1. The fraction of sp³-hybridized carbons (Fsp3) is 0.857. The van der Waals surface area contributed by atoms with Crippen molar-refractivity contribution in [2.45, 2.75) is 39.2 Å². The predicted octanol–water partition coefficient (Wildman–Crippen LogP) is 0.359. The molecular weight excluding hydrogens is 242 g/mol. The highest BCUT2D eigenvalue weighted by molar-refractivity contribution is 5.80. The molecule has 0 aliphatic carbocycles. The Labute approximate surface area is 115 Å². The molecule has 0 saturated carbocycles. The van der Waals surface area contributed by atoms with Gasteiger partial charge in [-0.1, -0.05) is 13.8 Å². The minimum Gasteiger partial charge on any atom is -0.353 e. The number of carbonyl (C=O) groups excluding carboxylic acids is 2. The van der Waals surface area contributed by atoms with Crippen LogP contribution >= 0.6 is 0 Å². The van der Waals surface area contributed by atoms with Crippen LogP contribution in [0, 0.1) is 11.8 Å². The Morgan fingerprint density at radius 3 is 2.42 bits per heavy atom. The topological polar surface area (TPSA) is 61.4 Å². The first-order chi connectivity index (χ1) is 9.08. The maximum absolute atomic E-state index is 12.0. The Bertz CT molecular complexity index is 330. The van der Waals surface area contributed by atoms with E-state index in [9.17, 15) is 9.59 Å². The van der Waals surface area contributed by atoms with Crippen molar-refractivity contribution in [1.29, 1.82) is 0 Å². The molecular formula is C14H25N3O2. The summed E-state index contributed by atoms with van der Waals surface area (Å²) in [4.78, 5) is 25.8. The van der Waals surface area contributed by atoms with Gasteiger partial charge in [0.1, 0.15) is 0 Å². The second-order valence-corrected chi connectivity index (χ2v) is 5.95. The first kappa shape index (κ1) is 14.3. The van der Waals surface area contributed by atoms with E-state index in [2.05, 4.69) is 10.6 Å². The second kappa shape index (κ2) is 6.37. The van der Waals surface area contributed by atoms with Gasteiger partial charge in [-0.3, -0.25) is 9.59 Å². The number of hydrogen-bond acceptors (Lipinski definition) is 3. The minimum atomic E-state index is 0.0655. The lowest BCUT2D eigenvalue weighted by Gasteiger charge is -2.33. The molecule has 2 amide bonds. The molecule has 2 N–H and O–H groups in total. The summed E-state index contributed by atoms with van der Waals surface area (Å²) in [6, 6.07) is 0.240. The van der Waals surface area contributed by atoms with E-state index in [1.807, 2.05) is 18.7 Å². The van der Waals surface area contributed by atoms with Gasteiger partial charge in [0, 0.05) is 31.6 Å². The van der Waals surface area contributed by atoms with Crippen LogP contribution in [0.4, 0.5) is 0 Å². The van der Waals surface area contributed by atoms with Crippen LogP contribution in [-0.2, 0) is 9.59 Å².